The van der Waals surface area contributed by atoms with Crippen LogP contribution in [0.5, 0.6) is 0 Å². The number of nitrogens with zero attached hydrogens (tertiary/aromatic N) is 3. The van der Waals surface area contributed by atoms with Gasteiger partial charge in [-0.1, -0.05) is 0 Å². The second-order valence-corrected chi connectivity index (χ2v) is 5.23. The molecule has 2 aromatic rings. The van der Waals surface area contributed by atoms with Gasteiger partial charge in [0.25, 0.3) is 5.92 Å². The number of aromatic nitrogens is 2. The van der Waals surface area contributed by atoms with Gasteiger partial charge in [0.05, 0.1) is 23.1 Å². The second kappa shape index (κ2) is 4.93. The maximum Gasteiger partial charge on any atom is 0.251 e. The lowest BCUT2D eigenvalue weighted by Gasteiger charge is -2.34. The van der Waals surface area contributed by atoms with E-state index in [1.54, 1.807) is 12.1 Å². The molecule has 0 atom stereocenters. The molecule has 1 aliphatic rings. The normalized spacial score (nSPS) is 18.2. The highest BCUT2D eigenvalue weighted by Crippen LogP contribution is 2.37. The largest absolute Gasteiger partial charge is 0.368 e. The van der Waals surface area contributed by atoms with Crippen molar-refractivity contribution in [1.82, 2.24) is 8.75 Å². The van der Waals surface area contributed by atoms with Crippen LogP contribution in [-0.4, -0.2) is 34.2 Å². The predicted octanol–water partition coefficient (Wildman–Crippen LogP) is 2.50. The summed E-state index contributed by atoms with van der Waals surface area (Å²) in [6, 6.07) is 3.48. The smallest absolute Gasteiger partial charge is 0.251 e. The van der Waals surface area contributed by atoms with Crippen LogP contribution < -0.4 is 10.2 Å². The van der Waals surface area contributed by atoms with Crippen molar-refractivity contribution in [2.75, 3.05) is 23.3 Å². The summed E-state index contributed by atoms with van der Waals surface area (Å²) in [5, 5.41) is 2.60. The molecule has 1 N–H and O–H groups in total. The van der Waals surface area contributed by atoms with Gasteiger partial charge in [0.2, 0.25) is 6.41 Å². The van der Waals surface area contributed by atoms with Gasteiger partial charge in [-0.2, -0.15) is 8.75 Å². The molecule has 1 saturated heterocycles. The zero-order valence-electron chi connectivity index (χ0n) is 10.5. The molecule has 0 spiro atoms. The molecule has 2 heterocycles. The van der Waals surface area contributed by atoms with E-state index >= 15 is 0 Å². The number of anilines is 2. The Balaban J connectivity index is 2.02. The molecule has 0 bridgehead atoms. The van der Waals surface area contributed by atoms with Crippen LogP contribution >= 0.6 is 11.7 Å². The van der Waals surface area contributed by atoms with Crippen molar-refractivity contribution in [3.05, 3.63) is 12.1 Å². The van der Waals surface area contributed by atoms with Crippen LogP contribution in [-0.2, 0) is 4.79 Å². The van der Waals surface area contributed by atoms with Crippen LogP contribution in [0.25, 0.3) is 11.0 Å². The molecule has 20 heavy (non-hydrogen) atoms. The second-order valence-electron chi connectivity index (χ2n) is 4.70. The molecule has 8 heteroatoms. The van der Waals surface area contributed by atoms with Crippen LogP contribution in [0.15, 0.2) is 12.1 Å². The van der Waals surface area contributed by atoms with Crippen LogP contribution in [0.1, 0.15) is 12.8 Å². The van der Waals surface area contributed by atoms with Crippen molar-refractivity contribution in [3.8, 4) is 0 Å². The quantitative estimate of drug-likeness (QED) is 0.885. The number of carbonyl (C=O) groups excluding carboxylic acids is 1. The van der Waals surface area contributed by atoms with Crippen molar-refractivity contribution in [2.45, 2.75) is 18.8 Å². The molecule has 0 radical (unpaired) electrons. The fourth-order valence-electron chi connectivity index (χ4n) is 2.40. The number of rotatable bonds is 3. The number of hydrogen-bond donors (Lipinski definition) is 1. The fourth-order valence-corrected chi connectivity index (χ4v) is 2.93. The van der Waals surface area contributed by atoms with Crippen LogP contribution in [0.2, 0.25) is 0 Å². The topological polar surface area (TPSA) is 58.1 Å². The molecule has 5 nitrogen and oxygen atoms in total. The lowest BCUT2D eigenvalue weighted by Crippen LogP contribution is -2.39. The zero-order valence-corrected chi connectivity index (χ0v) is 11.3. The summed E-state index contributed by atoms with van der Waals surface area (Å²) in [5.74, 6) is -2.61. The first kappa shape index (κ1) is 13.2. The highest BCUT2D eigenvalue weighted by atomic mass is 32.1. The van der Waals surface area contributed by atoms with E-state index in [0.29, 0.717) is 28.8 Å². The summed E-state index contributed by atoms with van der Waals surface area (Å²) in [6.45, 7) is 0.467. The third-order valence-corrected chi connectivity index (χ3v) is 3.97. The van der Waals surface area contributed by atoms with Crippen molar-refractivity contribution in [3.63, 3.8) is 0 Å². The van der Waals surface area contributed by atoms with Crippen LogP contribution in [0.3, 0.4) is 0 Å². The van der Waals surface area contributed by atoms with Crippen molar-refractivity contribution >= 4 is 40.5 Å². The number of fused-ring (bicyclic) bond motifs is 1. The van der Waals surface area contributed by atoms with Gasteiger partial charge < -0.3 is 10.2 Å². The molecule has 3 rings (SSSR count). The number of amides is 1. The highest BCUT2D eigenvalue weighted by Gasteiger charge is 2.35. The lowest BCUT2D eigenvalue weighted by molar-refractivity contribution is -0.105. The van der Waals surface area contributed by atoms with Gasteiger partial charge in [-0.05, 0) is 12.1 Å². The van der Waals surface area contributed by atoms with E-state index < -0.39 is 5.92 Å². The number of carbonyl (C=O) groups is 1. The first-order valence-corrected chi connectivity index (χ1v) is 6.92. The fraction of sp³-hybridized carbons (Fsp3) is 0.417. The average Bonchev–Trinajstić information content (AvgIpc) is 2.88. The number of benzene rings is 1. The third-order valence-electron chi connectivity index (χ3n) is 3.43. The van der Waals surface area contributed by atoms with E-state index in [1.807, 2.05) is 4.90 Å². The Hall–Kier alpha value is -1.83. The van der Waals surface area contributed by atoms with Gasteiger partial charge >= 0.3 is 0 Å². The van der Waals surface area contributed by atoms with E-state index in [2.05, 4.69) is 14.1 Å². The van der Waals surface area contributed by atoms with Crippen molar-refractivity contribution in [1.29, 1.82) is 0 Å². The maximum atomic E-state index is 13.3. The molecular weight excluding hydrogens is 286 g/mol. The van der Waals surface area contributed by atoms with E-state index in [0.717, 1.165) is 11.7 Å². The standard InChI is InChI=1S/C12H12F2N4OS/c13-12(14)3-5-18(6-4-12)11-9(15-7-19)2-1-8-10(11)17-20-16-8/h1-2,7H,3-6H2,(H,15,19). The zero-order chi connectivity index (χ0) is 14.2. The molecule has 0 aliphatic carbocycles. The first-order valence-electron chi connectivity index (χ1n) is 6.19. The summed E-state index contributed by atoms with van der Waals surface area (Å²) in [5.41, 5.74) is 2.61. The summed E-state index contributed by atoms with van der Waals surface area (Å²) < 4.78 is 34.9. The first-order chi connectivity index (χ1) is 9.61. The summed E-state index contributed by atoms with van der Waals surface area (Å²) >= 11 is 1.07. The van der Waals surface area contributed by atoms with Gasteiger partial charge in [-0.25, -0.2) is 8.78 Å². The highest BCUT2D eigenvalue weighted by molar-refractivity contribution is 7.00. The monoisotopic (exact) mass is 298 g/mol. The Labute approximate surface area is 117 Å². The Kier molecular flexibility index (Phi) is 3.25. The van der Waals surface area contributed by atoms with E-state index in [-0.39, 0.29) is 25.9 Å². The Morgan fingerprint density at radius 2 is 2.05 bits per heavy atom. The van der Waals surface area contributed by atoms with Gasteiger partial charge in [-0.3, -0.25) is 4.79 Å². The molecule has 1 amide bonds. The van der Waals surface area contributed by atoms with Gasteiger partial charge in [0, 0.05) is 25.9 Å². The summed E-state index contributed by atoms with van der Waals surface area (Å²) in [6.07, 6.45) is 0.186. The average molecular weight is 298 g/mol. The minimum atomic E-state index is -2.61. The molecule has 1 aromatic carbocycles. The van der Waals surface area contributed by atoms with Crippen LogP contribution in [0, 0.1) is 0 Å². The van der Waals surface area contributed by atoms with E-state index in [1.165, 1.54) is 0 Å². The number of halogens is 2. The molecule has 1 aliphatic heterocycles. The number of hydrogen-bond acceptors (Lipinski definition) is 5. The summed E-state index contributed by atoms with van der Waals surface area (Å²) in [4.78, 5) is 12.5. The molecule has 1 aromatic heterocycles. The lowest BCUT2D eigenvalue weighted by atomic mass is 10.1. The Morgan fingerprint density at radius 1 is 1.30 bits per heavy atom. The number of alkyl halides is 2. The van der Waals surface area contributed by atoms with Gasteiger partial charge in [-0.15, -0.1) is 0 Å². The Morgan fingerprint density at radius 3 is 2.75 bits per heavy atom. The van der Waals surface area contributed by atoms with Gasteiger partial charge in [0.1, 0.15) is 11.0 Å². The van der Waals surface area contributed by atoms with Crippen molar-refractivity contribution in [2.24, 2.45) is 0 Å². The SMILES string of the molecule is O=CNc1ccc2nsnc2c1N1CCC(F)(F)CC1. The molecular formula is C12H12F2N4OS. The van der Waals surface area contributed by atoms with Crippen LogP contribution in [0.4, 0.5) is 20.2 Å². The number of nitrogens with one attached hydrogen (secondary N) is 1. The third kappa shape index (κ3) is 2.31. The molecule has 0 saturated carbocycles. The van der Waals surface area contributed by atoms with E-state index in [4.69, 9.17) is 0 Å². The Bertz CT molecular complexity index is 635. The van der Waals surface area contributed by atoms with E-state index in [9.17, 15) is 13.6 Å². The van der Waals surface area contributed by atoms with Crippen molar-refractivity contribution < 1.29 is 13.6 Å². The minimum Gasteiger partial charge on any atom is -0.368 e. The van der Waals surface area contributed by atoms with Gasteiger partial charge in [0.15, 0.2) is 0 Å². The minimum absolute atomic E-state index is 0.193. The molecule has 1 fully saturated rings. The molecule has 0 unspecified atom stereocenters. The predicted molar refractivity (Wildman–Crippen MR) is 73.5 cm³/mol. The maximum absolute atomic E-state index is 13.3. The molecule has 106 valence electrons. The number of piperidine rings is 1. The summed E-state index contributed by atoms with van der Waals surface area (Å²) in [7, 11) is 0.